The van der Waals surface area contributed by atoms with Gasteiger partial charge in [-0.2, -0.15) is 0 Å². The highest BCUT2D eigenvalue weighted by Gasteiger charge is 2.41. The third kappa shape index (κ3) is 7.19. The fourth-order valence-electron chi connectivity index (χ4n) is 11.2. The van der Waals surface area contributed by atoms with Crippen molar-refractivity contribution in [2.24, 2.45) is 0 Å². The predicted octanol–water partition coefficient (Wildman–Crippen LogP) is 17.6. The van der Waals surface area contributed by atoms with Gasteiger partial charge < -0.3 is 4.90 Å². The van der Waals surface area contributed by atoms with E-state index in [9.17, 15) is 0 Å². The first-order valence-electron chi connectivity index (χ1n) is 23.8. The molecule has 67 heavy (non-hydrogen) atoms. The smallest absolute Gasteiger partial charge is 0.0701 e. The minimum atomic E-state index is -0.484. The van der Waals surface area contributed by atoms with E-state index in [1.807, 2.05) is 0 Å². The van der Waals surface area contributed by atoms with Crippen LogP contribution in [0.15, 0.2) is 249 Å². The van der Waals surface area contributed by atoms with Gasteiger partial charge in [-0.1, -0.05) is 238 Å². The van der Waals surface area contributed by atoms with Crippen molar-refractivity contribution >= 4 is 40.0 Å². The summed E-state index contributed by atoms with van der Waals surface area (Å²) in [6, 6.07) is 91.3. The van der Waals surface area contributed by atoms with Gasteiger partial charge in [-0.15, -0.1) is 0 Å². The van der Waals surface area contributed by atoms with Crippen molar-refractivity contribution in [3.8, 4) is 22.3 Å². The molecule has 0 unspecified atom stereocenters. The molecular formula is C66H53N. The molecule has 0 atom stereocenters. The summed E-state index contributed by atoms with van der Waals surface area (Å²) in [6.07, 6.45) is 6.66. The molecule has 0 saturated heterocycles. The van der Waals surface area contributed by atoms with Gasteiger partial charge >= 0.3 is 0 Å². The van der Waals surface area contributed by atoms with Gasteiger partial charge in [0.2, 0.25) is 0 Å². The molecule has 0 aromatic heterocycles. The standard InChI is InChI=1S/C66H53N/c1-3-65(4-2)63-46-48(35-43-61(63)62-45-42-57(47-64(62)65)67(55-28-16-8-17-29-55)56-30-18-9-19-31-56)34-36-49-39-44-59(60-33-21-20-32-58(49)60)50-37-40-54(41-38-50)66(51-22-10-5-11-23-51,52-24-12-6-13-25-52)53-26-14-7-15-27-53/h5-47H,3-4H2,1-2H3. The fraction of sp³-hybridized carbons (Fsp3) is 0.0909. The molecule has 0 radical (unpaired) electrons. The zero-order valence-corrected chi connectivity index (χ0v) is 38.2. The number of para-hydroxylation sites is 2. The number of hydrogen-bond acceptors (Lipinski definition) is 1. The molecule has 0 heterocycles. The van der Waals surface area contributed by atoms with Crippen LogP contribution >= 0.6 is 0 Å². The summed E-state index contributed by atoms with van der Waals surface area (Å²) in [4.78, 5) is 2.38. The van der Waals surface area contributed by atoms with Crippen LogP contribution in [-0.4, -0.2) is 0 Å². The van der Waals surface area contributed by atoms with Crippen molar-refractivity contribution in [2.45, 2.75) is 37.5 Å². The minimum Gasteiger partial charge on any atom is -0.310 e. The van der Waals surface area contributed by atoms with Crippen LogP contribution in [-0.2, 0) is 10.8 Å². The monoisotopic (exact) mass is 859 g/mol. The average Bonchev–Trinajstić information content (AvgIpc) is 3.68. The fourth-order valence-corrected chi connectivity index (χ4v) is 11.2. The van der Waals surface area contributed by atoms with Crippen LogP contribution in [0.3, 0.4) is 0 Å². The second-order valence-electron chi connectivity index (χ2n) is 17.8. The minimum absolute atomic E-state index is 0.0869. The van der Waals surface area contributed by atoms with Crippen LogP contribution in [0.1, 0.15) is 71.2 Å². The highest BCUT2D eigenvalue weighted by molar-refractivity contribution is 6.02. The Morgan fingerprint density at radius 2 is 0.821 bits per heavy atom. The first-order chi connectivity index (χ1) is 33.1. The van der Waals surface area contributed by atoms with Crippen molar-refractivity contribution in [2.75, 3.05) is 4.90 Å². The molecule has 1 nitrogen and oxygen atoms in total. The lowest BCUT2D eigenvalue weighted by Crippen LogP contribution is -2.30. The molecule has 10 aromatic carbocycles. The third-order valence-electron chi connectivity index (χ3n) is 14.5. The summed E-state index contributed by atoms with van der Waals surface area (Å²) in [6.45, 7) is 4.72. The van der Waals surface area contributed by atoms with Crippen molar-refractivity contribution in [1.29, 1.82) is 0 Å². The van der Waals surface area contributed by atoms with Crippen molar-refractivity contribution < 1.29 is 0 Å². The lowest BCUT2D eigenvalue weighted by molar-refractivity contribution is 0.490. The Hall–Kier alpha value is -8.00. The number of fused-ring (bicyclic) bond motifs is 4. The zero-order chi connectivity index (χ0) is 45.2. The van der Waals surface area contributed by atoms with Gasteiger partial charge in [0.25, 0.3) is 0 Å². The van der Waals surface area contributed by atoms with Crippen molar-refractivity contribution in [3.05, 3.63) is 293 Å². The summed E-state index contributed by atoms with van der Waals surface area (Å²) >= 11 is 0. The average molecular weight is 860 g/mol. The van der Waals surface area contributed by atoms with Gasteiger partial charge in [0.05, 0.1) is 5.41 Å². The molecule has 0 aliphatic heterocycles. The van der Waals surface area contributed by atoms with Gasteiger partial charge in [0, 0.05) is 22.5 Å². The molecule has 1 aliphatic rings. The number of nitrogens with zero attached hydrogens (tertiary/aromatic N) is 1. The van der Waals surface area contributed by atoms with E-state index in [1.165, 1.54) is 83.2 Å². The lowest BCUT2D eigenvalue weighted by Gasteiger charge is -2.37. The normalized spacial score (nSPS) is 12.8. The Morgan fingerprint density at radius 3 is 1.36 bits per heavy atom. The van der Waals surface area contributed by atoms with Gasteiger partial charge in [-0.05, 0) is 127 Å². The number of anilines is 3. The summed E-state index contributed by atoms with van der Waals surface area (Å²) in [5, 5.41) is 2.49. The van der Waals surface area contributed by atoms with Gasteiger partial charge in [-0.25, -0.2) is 0 Å². The predicted molar refractivity (Wildman–Crippen MR) is 285 cm³/mol. The van der Waals surface area contributed by atoms with E-state index in [0.29, 0.717) is 0 Å². The highest BCUT2D eigenvalue weighted by atomic mass is 15.1. The van der Waals surface area contributed by atoms with Crippen molar-refractivity contribution in [3.63, 3.8) is 0 Å². The lowest BCUT2D eigenvalue weighted by atomic mass is 9.65. The Balaban J connectivity index is 0.936. The van der Waals surface area contributed by atoms with Gasteiger partial charge in [0.1, 0.15) is 0 Å². The van der Waals surface area contributed by atoms with E-state index in [0.717, 1.165) is 24.2 Å². The van der Waals surface area contributed by atoms with Crippen LogP contribution in [0.5, 0.6) is 0 Å². The third-order valence-corrected chi connectivity index (χ3v) is 14.5. The summed E-state index contributed by atoms with van der Waals surface area (Å²) in [7, 11) is 0. The van der Waals surface area contributed by atoms with Gasteiger partial charge in [0.15, 0.2) is 0 Å². The Labute approximate surface area is 396 Å². The zero-order valence-electron chi connectivity index (χ0n) is 38.2. The first kappa shape index (κ1) is 41.7. The molecule has 0 saturated carbocycles. The second-order valence-corrected chi connectivity index (χ2v) is 17.8. The van der Waals surface area contributed by atoms with E-state index in [2.05, 4.69) is 280 Å². The summed E-state index contributed by atoms with van der Waals surface area (Å²) in [5.41, 5.74) is 18.3. The van der Waals surface area contributed by atoms with E-state index in [4.69, 9.17) is 0 Å². The summed E-state index contributed by atoms with van der Waals surface area (Å²) < 4.78 is 0. The molecule has 0 amide bonds. The Bertz CT molecular complexity index is 3200. The molecule has 0 spiro atoms. The van der Waals surface area contributed by atoms with Crippen LogP contribution < -0.4 is 4.90 Å². The largest absolute Gasteiger partial charge is 0.310 e. The Morgan fingerprint density at radius 1 is 0.373 bits per heavy atom. The van der Waals surface area contributed by atoms with Crippen LogP contribution in [0, 0.1) is 0 Å². The molecule has 10 aromatic rings. The van der Waals surface area contributed by atoms with Crippen LogP contribution in [0.2, 0.25) is 0 Å². The molecule has 1 aliphatic carbocycles. The van der Waals surface area contributed by atoms with Crippen LogP contribution in [0.25, 0.3) is 45.2 Å². The highest BCUT2D eigenvalue weighted by Crippen LogP contribution is 2.55. The molecule has 0 bridgehead atoms. The van der Waals surface area contributed by atoms with E-state index < -0.39 is 5.41 Å². The van der Waals surface area contributed by atoms with E-state index in [-0.39, 0.29) is 5.41 Å². The number of benzene rings is 10. The molecule has 0 N–H and O–H groups in total. The second kappa shape index (κ2) is 17.8. The number of hydrogen-bond donors (Lipinski definition) is 0. The SMILES string of the molecule is CCC1(CC)c2cc(C=Cc3ccc(-c4ccc(C(c5ccccc5)(c5ccccc5)c5ccccc5)cc4)c4ccccc34)ccc2-c2ccc(N(c3ccccc3)c3ccccc3)cc21. The molecule has 11 rings (SSSR count). The molecular weight excluding hydrogens is 807 g/mol. The van der Waals surface area contributed by atoms with Gasteiger partial charge in [-0.3, -0.25) is 0 Å². The maximum absolute atomic E-state index is 2.46. The molecule has 322 valence electrons. The maximum Gasteiger partial charge on any atom is 0.0701 e. The Kier molecular flexibility index (Phi) is 11.1. The summed E-state index contributed by atoms with van der Waals surface area (Å²) in [5.74, 6) is 0. The van der Waals surface area contributed by atoms with E-state index >= 15 is 0 Å². The molecule has 0 fully saturated rings. The van der Waals surface area contributed by atoms with E-state index in [1.54, 1.807) is 0 Å². The van der Waals surface area contributed by atoms with Crippen LogP contribution in [0.4, 0.5) is 17.1 Å². The topological polar surface area (TPSA) is 3.24 Å². The quantitative estimate of drug-likeness (QED) is 0.0874. The van der Waals surface area contributed by atoms with Crippen molar-refractivity contribution in [1.82, 2.24) is 0 Å². The maximum atomic E-state index is 2.46. The molecule has 1 heteroatoms. The number of rotatable bonds is 12. The first-order valence-corrected chi connectivity index (χ1v) is 23.8.